The number of nitrogens with zero attached hydrogens (tertiary/aromatic N) is 1. The molecule has 9 heteroatoms. The number of hydrogen-bond donors (Lipinski definition) is 3. The molecule has 0 radical (unpaired) electrons. The van der Waals surface area contributed by atoms with Crippen LogP contribution in [-0.2, 0) is 6.18 Å². The molecule has 1 aromatic carbocycles. The van der Waals surface area contributed by atoms with Gasteiger partial charge in [-0.1, -0.05) is 24.4 Å². The van der Waals surface area contributed by atoms with Gasteiger partial charge in [-0.15, -0.1) is 0 Å². The third kappa shape index (κ3) is 3.19. The highest BCUT2D eigenvalue weighted by molar-refractivity contribution is 7.80. The highest BCUT2D eigenvalue weighted by Crippen LogP contribution is 2.32. The average molecular weight is 314 g/mol. The second-order valence-electron chi connectivity index (χ2n) is 4.02. The van der Waals surface area contributed by atoms with Crippen LogP contribution in [0.5, 0.6) is 0 Å². The van der Waals surface area contributed by atoms with Gasteiger partial charge in [-0.05, 0) is 12.1 Å². The molecule has 110 valence electrons. The number of hydrogen-bond acceptors (Lipinski definition) is 3. The van der Waals surface area contributed by atoms with Crippen molar-refractivity contribution in [3.05, 3.63) is 47.2 Å². The van der Waals surface area contributed by atoms with E-state index in [4.69, 9.17) is 18.0 Å². The van der Waals surface area contributed by atoms with Crippen LogP contribution in [-0.4, -0.2) is 21.1 Å². The molecule has 0 unspecified atom stereocenters. The van der Waals surface area contributed by atoms with Gasteiger partial charge < -0.3 is 11.1 Å². The van der Waals surface area contributed by atoms with E-state index in [2.05, 4.69) is 15.5 Å². The van der Waals surface area contributed by atoms with Crippen molar-refractivity contribution < 1.29 is 18.0 Å². The van der Waals surface area contributed by atoms with Gasteiger partial charge in [-0.3, -0.25) is 9.89 Å². The first-order valence-electron chi connectivity index (χ1n) is 5.61. The van der Waals surface area contributed by atoms with E-state index in [1.807, 2.05) is 0 Å². The minimum absolute atomic E-state index is 0.0387. The Morgan fingerprint density at radius 1 is 1.29 bits per heavy atom. The molecule has 2 aromatic rings. The summed E-state index contributed by atoms with van der Waals surface area (Å²) in [5.41, 5.74) is 4.12. The Labute approximate surface area is 122 Å². The first-order valence-corrected chi connectivity index (χ1v) is 6.02. The second kappa shape index (κ2) is 5.52. The molecule has 0 aliphatic heterocycles. The molecule has 21 heavy (non-hydrogen) atoms. The lowest BCUT2D eigenvalue weighted by Crippen LogP contribution is -2.20. The van der Waals surface area contributed by atoms with Crippen molar-refractivity contribution in [2.75, 3.05) is 5.32 Å². The number of benzene rings is 1. The van der Waals surface area contributed by atoms with E-state index in [1.54, 1.807) is 0 Å². The molecule has 5 nitrogen and oxygen atoms in total. The predicted octanol–water partition coefficient (Wildman–Crippen LogP) is 2.32. The smallest absolute Gasteiger partial charge is 0.389 e. The fourth-order valence-corrected chi connectivity index (χ4v) is 1.83. The van der Waals surface area contributed by atoms with Crippen LogP contribution in [0.15, 0.2) is 30.5 Å². The summed E-state index contributed by atoms with van der Waals surface area (Å²) < 4.78 is 38.6. The minimum Gasteiger partial charge on any atom is -0.389 e. The lowest BCUT2D eigenvalue weighted by Gasteiger charge is -2.12. The molecule has 2 rings (SSSR count). The van der Waals surface area contributed by atoms with Crippen LogP contribution in [0, 0.1) is 0 Å². The number of aromatic nitrogens is 2. The Bertz CT molecular complexity index is 696. The number of anilines is 1. The van der Waals surface area contributed by atoms with E-state index in [9.17, 15) is 18.0 Å². The van der Waals surface area contributed by atoms with Gasteiger partial charge in [-0.25, -0.2) is 0 Å². The lowest BCUT2D eigenvalue weighted by atomic mass is 10.1. The number of H-pyrrole nitrogens is 1. The van der Waals surface area contributed by atoms with Crippen molar-refractivity contribution in [3.63, 3.8) is 0 Å². The number of nitrogens with two attached hydrogens (primary N) is 1. The number of alkyl halides is 3. The van der Waals surface area contributed by atoms with Crippen molar-refractivity contribution in [1.29, 1.82) is 0 Å². The Balaban J connectivity index is 2.34. The fourth-order valence-electron chi connectivity index (χ4n) is 1.68. The molecule has 4 N–H and O–H groups in total. The van der Waals surface area contributed by atoms with Crippen molar-refractivity contribution in [2.24, 2.45) is 5.73 Å². The van der Waals surface area contributed by atoms with Crippen molar-refractivity contribution >= 4 is 28.9 Å². The molecule has 0 aliphatic carbocycles. The largest absolute Gasteiger partial charge is 0.417 e. The monoisotopic (exact) mass is 314 g/mol. The lowest BCUT2D eigenvalue weighted by molar-refractivity contribution is -0.137. The molecular weight excluding hydrogens is 305 g/mol. The van der Waals surface area contributed by atoms with Gasteiger partial charge in [0.25, 0.3) is 5.91 Å². The maximum atomic E-state index is 12.9. The van der Waals surface area contributed by atoms with Crippen LogP contribution in [0.1, 0.15) is 21.5 Å². The third-order valence-electron chi connectivity index (χ3n) is 2.62. The molecule has 1 aromatic heterocycles. The first kappa shape index (κ1) is 15.0. The maximum absolute atomic E-state index is 12.9. The van der Waals surface area contributed by atoms with Gasteiger partial charge in [0.1, 0.15) is 10.8 Å². The van der Waals surface area contributed by atoms with E-state index >= 15 is 0 Å². The number of nitrogens with one attached hydrogen (secondary N) is 2. The molecule has 0 bridgehead atoms. The summed E-state index contributed by atoms with van der Waals surface area (Å²) in [7, 11) is 0. The highest BCUT2D eigenvalue weighted by atomic mass is 32.1. The number of carbonyl (C=O) groups is 1. The maximum Gasteiger partial charge on any atom is 0.417 e. The van der Waals surface area contributed by atoms with Crippen LogP contribution in [0.25, 0.3) is 0 Å². The quantitative estimate of drug-likeness (QED) is 0.759. The van der Waals surface area contributed by atoms with Crippen LogP contribution >= 0.6 is 12.2 Å². The Morgan fingerprint density at radius 3 is 2.57 bits per heavy atom. The van der Waals surface area contributed by atoms with Gasteiger partial charge in [0, 0.05) is 0 Å². The number of amides is 1. The molecule has 0 aliphatic rings. The van der Waals surface area contributed by atoms with E-state index in [0.717, 1.165) is 12.1 Å². The van der Waals surface area contributed by atoms with Crippen molar-refractivity contribution in [1.82, 2.24) is 10.2 Å². The standard InChI is InChI=1S/C12H9F3N4OS/c13-12(14,15)8-4-2-1-3-6(8)11(20)18-10-7(9(16)21)5-17-19-10/h1-5H,(H2,16,21)(H2,17,18,19,20). The summed E-state index contributed by atoms with van der Waals surface area (Å²) >= 11 is 4.74. The zero-order valence-corrected chi connectivity index (χ0v) is 11.2. The van der Waals surface area contributed by atoms with Crippen molar-refractivity contribution in [3.8, 4) is 0 Å². The number of carbonyl (C=O) groups excluding carboxylic acids is 1. The van der Waals surface area contributed by atoms with Gasteiger partial charge in [0.2, 0.25) is 0 Å². The first-order chi connectivity index (χ1) is 9.80. The number of rotatable bonds is 3. The van der Waals surface area contributed by atoms with E-state index in [1.165, 1.54) is 18.3 Å². The fraction of sp³-hybridized carbons (Fsp3) is 0.0833. The normalized spacial score (nSPS) is 11.2. The van der Waals surface area contributed by atoms with Gasteiger partial charge in [0.05, 0.1) is 22.9 Å². The average Bonchev–Trinajstić information content (AvgIpc) is 2.86. The summed E-state index contributed by atoms with van der Waals surface area (Å²) in [6.07, 6.45) is -3.36. The molecule has 0 fully saturated rings. The molecule has 0 spiro atoms. The number of aromatic amines is 1. The van der Waals surface area contributed by atoms with Gasteiger partial charge in [-0.2, -0.15) is 18.3 Å². The minimum atomic E-state index is -4.63. The molecule has 0 saturated heterocycles. The zero-order valence-electron chi connectivity index (χ0n) is 10.4. The van der Waals surface area contributed by atoms with Crippen LogP contribution in [0.3, 0.4) is 0 Å². The summed E-state index contributed by atoms with van der Waals surface area (Å²) in [4.78, 5) is 12.0. The van der Waals surface area contributed by atoms with Crippen LogP contribution < -0.4 is 11.1 Å². The predicted molar refractivity (Wildman–Crippen MR) is 73.9 cm³/mol. The van der Waals surface area contributed by atoms with Crippen LogP contribution in [0.2, 0.25) is 0 Å². The third-order valence-corrected chi connectivity index (χ3v) is 2.84. The topological polar surface area (TPSA) is 83.8 Å². The summed E-state index contributed by atoms with van der Waals surface area (Å²) in [5, 5.41) is 8.32. The summed E-state index contributed by atoms with van der Waals surface area (Å²) in [6.45, 7) is 0. The van der Waals surface area contributed by atoms with E-state index in [-0.39, 0.29) is 16.4 Å². The molecule has 0 atom stereocenters. The van der Waals surface area contributed by atoms with E-state index < -0.39 is 23.2 Å². The van der Waals surface area contributed by atoms with Crippen molar-refractivity contribution in [2.45, 2.75) is 6.18 Å². The molecule has 1 heterocycles. The molecular formula is C12H9F3N4OS. The van der Waals surface area contributed by atoms with Gasteiger partial charge in [0.15, 0.2) is 0 Å². The summed E-state index contributed by atoms with van der Waals surface area (Å²) in [5.74, 6) is -0.894. The second-order valence-corrected chi connectivity index (χ2v) is 4.46. The van der Waals surface area contributed by atoms with Gasteiger partial charge >= 0.3 is 6.18 Å². The zero-order chi connectivity index (χ0) is 15.6. The molecule has 1 amide bonds. The number of thiocarbonyl (C=S) groups is 1. The summed E-state index contributed by atoms with van der Waals surface area (Å²) in [6, 6.07) is 4.45. The SMILES string of the molecule is NC(=S)c1cn[nH]c1NC(=O)c1ccccc1C(F)(F)F. The van der Waals surface area contributed by atoms with Crippen LogP contribution in [0.4, 0.5) is 19.0 Å². The Hall–Kier alpha value is -2.42. The number of halogens is 3. The Kier molecular flexibility index (Phi) is 3.94. The molecule has 0 saturated carbocycles. The highest BCUT2D eigenvalue weighted by Gasteiger charge is 2.35. The van der Waals surface area contributed by atoms with E-state index in [0.29, 0.717) is 0 Å². The Morgan fingerprint density at radius 2 is 1.95 bits per heavy atom.